The molecule has 1 saturated heterocycles. The first-order valence-corrected chi connectivity index (χ1v) is 9.52. The summed E-state index contributed by atoms with van der Waals surface area (Å²) in [5.74, 6) is 2.31. The van der Waals surface area contributed by atoms with E-state index < -0.39 is 0 Å². The van der Waals surface area contributed by atoms with Gasteiger partial charge in [0.25, 0.3) is 0 Å². The monoisotopic (exact) mass is 325 g/mol. The summed E-state index contributed by atoms with van der Waals surface area (Å²) in [4.78, 5) is 9.77. The van der Waals surface area contributed by atoms with Gasteiger partial charge in [-0.2, -0.15) is 0 Å². The summed E-state index contributed by atoms with van der Waals surface area (Å²) in [5.41, 5.74) is 0. The Hall–Kier alpha value is -0.810. The van der Waals surface area contributed by atoms with Crippen LogP contribution in [0.15, 0.2) is 4.99 Å². The SMILES string of the molecule is CCNC(=NCC(C)CN1CCN(C)CC1)NCC(CC)CC. The zero-order valence-electron chi connectivity index (χ0n) is 16.1. The highest BCUT2D eigenvalue weighted by Crippen LogP contribution is 2.06. The van der Waals surface area contributed by atoms with E-state index in [1.165, 1.54) is 39.0 Å². The van der Waals surface area contributed by atoms with Gasteiger partial charge in [0.1, 0.15) is 0 Å². The third-order valence-electron chi connectivity index (χ3n) is 4.78. The number of nitrogens with zero attached hydrogens (tertiary/aromatic N) is 3. The van der Waals surface area contributed by atoms with Crippen LogP contribution < -0.4 is 10.6 Å². The number of rotatable bonds is 9. The molecule has 5 nitrogen and oxygen atoms in total. The Bertz CT molecular complexity index is 319. The van der Waals surface area contributed by atoms with Crippen LogP contribution in [0.25, 0.3) is 0 Å². The van der Waals surface area contributed by atoms with Gasteiger partial charge in [0.15, 0.2) is 5.96 Å². The van der Waals surface area contributed by atoms with Crippen LogP contribution in [0.4, 0.5) is 0 Å². The van der Waals surface area contributed by atoms with E-state index in [2.05, 4.69) is 55.2 Å². The maximum Gasteiger partial charge on any atom is 0.191 e. The van der Waals surface area contributed by atoms with Crippen molar-refractivity contribution in [2.45, 2.75) is 40.5 Å². The van der Waals surface area contributed by atoms with Crippen LogP contribution in [-0.2, 0) is 0 Å². The van der Waals surface area contributed by atoms with E-state index in [4.69, 9.17) is 4.99 Å². The number of likely N-dealkylation sites (N-methyl/N-ethyl adjacent to an activating group) is 1. The van der Waals surface area contributed by atoms with Crippen LogP contribution in [-0.4, -0.2) is 75.2 Å². The van der Waals surface area contributed by atoms with Crippen molar-refractivity contribution in [3.8, 4) is 0 Å². The van der Waals surface area contributed by atoms with Crippen LogP contribution in [0.5, 0.6) is 0 Å². The van der Waals surface area contributed by atoms with Gasteiger partial charge in [-0.15, -0.1) is 0 Å². The van der Waals surface area contributed by atoms with Crippen molar-refractivity contribution in [1.82, 2.24) is 20.4 Å². The predicted octanol–water partition coefficient (Wildman–Crippen LogP) is 1.86. The van der Waals surface area contributed by atoms with E-state index in [0.717, 1.165) is 38.1 Å². The number of hydrogen-bond acceptors (Lipinski definition) is 3. The molecule has 1 fully saturated rings. The van der Waals surface area contributed by atoms with Gasteiger partial charge >= 0.3 is 0 Å². The molecular formula is C18H39N5. The molecule has 23 heavy (non-hydrogen) atoms. The lowest BCUT2D eigenvalue weighted by molar-refractivity contribution is 0.140. The number of nitrogens with one attached hydrogen (secondary N) is 2. The summed E-state index contributed by atoms with van der Waals surface area (Å²) in [5, 5.41) is 6.88. The van der Waals surface area contributed by atoms with E-state index in [9.17, 15) is 0 Å². The van der Waals surface area contributed by atoms with Gasteiger partial charge < -0.3 is 20.4 Å². The molecule has 0 amide bonds. The Morgan fingerprint density at radius 2 is 1.70 bits per heavy atom. The molecule has 0 bridgehead atoms. The quantitative estimate of drug-likeness (QED) is 0.502. The first-order valence-electron chi connectivity index (χ1n) is 9.52. The van der Waals surface area contributed by atoms with Gasteiger partial charge in [-0.25, -0.2) is 0 Å². The highest BCUT2D eigenvalue weighted by Gasteiger charge is 2.16. The molecule has 1 aliphatic heterocycles. The summed E-state index contributed by atoms with van der Waals surface area (Å²) in [6.07, 6.45) is 2.45. The van der Waals surface area contributed by atoms with Crippen LogP contribution in [0.3, 0.4) is 0 Å². The highest BCUT2D eigenvalue weighted by molar-refractivity contribution is 5.79. The fourth-order valence-corrected chi connectivity index (χ4v) is 2.94. The van der Waals surface area contributed by atoms with Gasteiger partial charge in [0.05, 0.1) is 0 Å². The maximum atomic E-state index is 4.79. The minimum absolute atomic E-state index is 0.599. The topological polar surface area (TPSA) is 42.9 Å². The third kappa shape index (κ3) is 8.56. The average Bonchev–Trinajstić information content (AvgIpc) is 2.55. The molecule has 0 saturated carbocycles. The average molecular weight is 326 g/mol. The van der Waals surface area contributed by atoms with Gasteiger partial charge in [-0.3, -0.25) is 4.99 Å². The van der Waals surface area contributed by atoms with Crippen LogP contribution in [0.1, 0.15) is 40.5 Å². The lowest BCUT2D eigenvalue weighted by Gasteiger charge is -2.33. The molecule has 136 valence electrons. The number of aliphatic imine (C=N–C) groups is 1. The second-order valence-electron chi connectivity index (χ2n) is 6.99. The molecule has 0 spiro atoms. The fourth-order valence-electron chi connectivity index (χ4n) is 2.94. The normalized spacial score (nSPS) is 19.1. The van der Waals surface area contributed by atoms with Crippen molar-refractivity contribution in [2.75, 3.05) is 59.4 Å². The smallest absolute Gasteiger partial charge is 0.191 e. The molecule has 1 unspecified atom stereocenters. The zero-order valence-corrected chi connectivity index (χ0v) is 16.1. The minimum atomic E-state index is 0.599. The third-order valence-corrected chi connectivity index (χ3v) is 4.78. The Morgan fingerprint density at radius 3 is 2.26 bits per heavy atom. The van der Waals surface area contributed by atoms with Crippen molar-refractivity contribution in [2.24, 2.45) is 16.8 Å². The molecule has 0 aromatic rings. The van der Waals surface area contributed by atoms with Crippen molar-refractivity contribution < 1.29 is 0 Å². The summed E-state index contributed by atoms with van der Waals surface area (Å²) in [6, 6.07) is 0. The molecule has 0 aromatic carbocycles. The van der Waals surface area contributed by atoms with Crippen LogP contribution >= 0.6 is 0 Å². The second kappa shape index (κ2) is 11.7. The molecule has 5 heteroatoms. The zero-order chi connectivity index (χ0) is 17.1. The lowest BCUT2D eigenvalue weighted by atomic mass is 10.0. The van der Waals surface area contributed by atoms with E-state index in [0.29, 0.717) is 5.92 Å². The Labute approximate surface area is 143 Å². The number of guanidine groups is 1. The summed E-state index contributed by atoms with van der Waals surface area (Å²) >= 11 is 0. The van der Waals surface area contributed by atoms with Gasteiger partial charge in [-0.1, -0.05) is 33.6 Å². The minimum Gasteiger partial charge on any atom is -0.357 e. The van der Waals surface area contributed by atoms with E-state index >= 15 is 0 Å². The molecule has 1 atom stereocenters. The number of hydrogen-bond donors (Lipinski definition) is 2. The van der Waals surface area contributed by atoms with Gasteiger partial charge in [-0.05, 0) is 25.8 Å². The van der Waals surface area contributed by atoms with Gasteiger partial charge in [0.2, 0.25) is 0 Å². The fraction of sp³-hybridized carbons (Fsp3) is 0.944. The lowest BCUT2D eigenvalue weighted by Crippen LogP contribution is -2.46. The summed E-state index contributed by atoms with van der Waals surface area (Å²) < 4.78 is 0. The van der Waals surface area contributed by atoms with Gasteiger partial charge in [0, 0.05) is 52.4 Å². The van der Waals surface area contributed by atoms with Crippen LogP contribution in [0, 0.1) is 11.8 Å². The standard InChI is InChI=1S/C18H39N5/c1-6-17(7-2)14-21-18(19-8-3)20-13-16(4)15-23-11-9-22(5)10-12-23/h16-17H,6-15H2,1-5H3,(H2,19,20,21). The molecule has 2 N–H and O–H groups in total. The van der Waals surface area contributed by atoms with E-state index in [1.54, 1.807) is 0 Å². The first kappa shape index (κ1) is 20.2. The van der Waals surface area contributed by atoms with Crippen molar-refractivity contribution in [3.63, 3.8) is 0 Å². The Balaban J connectivity index is 2.36. The Morgan fingerprint density at radius 1 is 1.04 bits per heavy atom. The molecule has 1 aliphatic rings. The summed E-state index contributed by atoms with van der Waals surface area (Å²) in [7, 11) is 2.21. The van der Waals surface area contributed by atoms with E-state index in [-0.39, 0.29) is 0 Å². The molecule has 0 aliphatic carbocycles. The van der Waals surface area contributed by atoms with Crippen molar-refractivity contribution in [1.29, 1.82) is 0 Å². The maximum absolute atomic E-state index is 4.79. The molecule has 1 rings (SSSR count). The first-order chi connectivity index (χ1) is 11.1. The van der Waals surface area contributed by atoms with Crippen molar-refractivity contribution in [3.05, 3.63) is 0 Å². The van der Waals surface area contributed by atoms with Crippen molar-refractivity contribution >= 4 is 5.96 Å². The second-order valence-corrected chi connectivity index (χ2v) is 6.99. The predicted molar refractivity (Wildman–Crippen MR) is 101 cm³/mol. The molecule has 0 aromatic heterocycles. The Kier molecular flexibility index (Phi) is 10.3. The molecular weight excluding hydrogens is 286 g/mol. The summed E-state index contributed by atoms with van der Waals surface area (Å²) in [6.45, 7) is 17.7. The molecule has 1 heterocycles. The molecule has 0 radical (unpaired) electrons. The van der Waals surface area contributed by atoms with Crippen LogP contribution in [0.2, 0.25) is 0 Å². The van der Waals surface area contributed by atoms with E-state index in [1.807, 2.05) is 0 Å². The number of piperazine rings is 1. The largest absolute Gasteiger partial charge is 0.357 e. The highest BCUT2D eigenvalue weighted by atomic mass is 15.2.